The van der Waals surface area contributed by atoms with Crippen LogP contribution in [0.3, 0.4) is 0 Å². The first-order valence-electron chi connectivity index (χ1n) is 7.35. The summed E-state index contributed by atoms with van der Waals surface area (Å²) in [5.41, 5.74) is 1.25. The van der Waals surface area contributed by atoms with Crippen molar-refractivity contribution in [1.82, 2.24) is 0 Å². The maximum atomic E-state index is 12.9. The number of hydrogen-bond donors (Lipinski definition) is 1. The van der Waals surface area contributed by atoms with Gasteiger partial charge in [0.15, 0.2) is 6.04 Å². The zero-order chi connectivity index (χ0) is 17.3. The van der Waals surface area contributed by atoms with Crippen LogP contribution in [-0.2, 0) is 16.1 Å². The molecule has 0 aliphatic carbocycles. The van der Waals surface area contributed by atoms with Crippen LogP contribution >= 0.6 is 23.2 Å². The quantitative estimate of drug-likeness (QED) is 0.844. The second-order valence-corrected chi connectivity index (χ2v) is 6.44. The Hall–Kier alpha value is -1.95. The van der Waals surface area contributed by atoms with E-state index in [1.165, 1.54) is 30.3 Å². The molecule has 7 heteroatoms. The number of amides is 2. The molecule has 0 spiro atoms. The van der Waals surface area contributed by atoms with Crippen LogP contribution in [0.5, 0.6) is 0 Å². The molecular formula is C17H14Cl2FN2O2+. The van der Waals surface area contributed by atoms with Crippen LogP contribution in [0.1, 0.15) is 12.0 Å². The molecule has 1 fully saturated rings. The Labute approximate surface area is 148 Å². The first-order chi connectivity index (χ1) is 11.4. The predicted octanol–water partition coefficient (Wildman–Crippen LogP) is 2.53. The van der Waals surface area contributed by atoms with Crippen LogP contribution in [-0.4, -0.2) is 17.9 Å². The van der Waals surface area contributed by atoms with Gasteiger partial charge in [-0.25, -0.2) is 9.29 Å². The number of imide groups is 1. The number of quaternary nitrogens is 1. The van der Waals surface area contributed by atoms with Crippen molar-refractivity contribution in [2.45, 2.75) is 19.0 Å². The Bertz CT molecular complexity index is 775. The summed E-state index contributed by atoms with van der Waals surface area (Å²) in [4.78, 5) is 25.9. The monoisotopic (exact) mass is 367 g/mol. The van der Waals surface area contributed by atoms with Gasteiger partial charge in [0, 0.05) is 15.6 Å². The largest absolute Gasteiger partial charge is 0.332 e. The molecule has 24 heavy (non-hydrogen) atoms. The van der Waals surface area contributed by atoms with Gasteiger partial charge in [0.2, 0.25) is 5.91 Å². The maximum Gasteiger partial charge on any atom is 0.292 e. The molecule has 4 nitrogen and oxygen atoms in total. The van der Waals surface area contributed by atoms with Gasteiger partial charge in [-0.15, -0.1) is 0 Å². The van der Waals surface area contributed by atoms with E-state index in [9.17, 15) is 14.0 Å². The molecule has 1 aliphatic rings. The first-order valence-corrected chi connectivity index (χ1v) is 8.10. The zero-order valence-electron chi connectivity index (χ0n) is 12.5. The standard InChI is InChI=1S/C17H13Cl2FN2O2/c18-11-5-12(19)7-14(6-11)22-16(23)8-15(17(22)24)21-9-10-1-3-13(20)4-2-10/h1-7,15,21H,8-9H2/p+1/t15-/m0/s1. The smallest absolute Gasteiger partial charge is 0.292 e. The minimum Gasteiger partial charge on any atom is -0.332 e. The van der Waals surface area contributed by atoms with Crippen molar-refractivity contribution in [3.8, 4) is 0 Å². The van der Waals surface area contributed by atoms with E-state index in [-0.39, 0.29) is 24.1 Å². The molecule has 3 rings (SSSR count). The second-order valence-electron chi connectivity index (χ2n) is 5.57. The van der Waals surface area contributed by atoms with E-state index in [4.69, 9.17) is 23.2 Å². The maximum absolute atomic E-state index is 12.9. The van der Waals surface area contributed by atoms with Crippen LogP contribution in [0, 0.1) is 5.82 Å². The second kappa shape index (κ2) is 6.89. The Kier molecular flexibility index (Phi) is 4.85. The van der Waals surface area contributed by atoms with E-state index in [1.54, 1.807) is 17.4 Å². The number of benzene rings is 2. The number of carbonyl (C=O) groups is 2. The van der Waals surface area contributed by atoms with E-state index in [0.29, 0.717) is 22.3 Å². The van der Waals surface area contributed by atoms with Crippen molar-refractivity contribution in [1.29, 1.82) is 0 Å². The third kappa shape index (κ3) is 3.59. The fraction of sp³-hybridized carbons (Fsp3) is 0.176. The summed E-state index contributed by atoms with van der Waals surface area (Å²) in [5, 5.41) is 2.49. The van der Waals surface area contributed by atoms with Gasteiger partial charge in [-0.05, 0) is 30.3 Å². The highest BCUT2D eigenvalue weighted by molar-refractivity contribution is 6.35. The molecule has 0 aromatic heterocycles. The Morgan fingerprint density at radius 1 is 1.08 bits per heavy atom. The third-order valence-corrected chi connectivity index (χ3v) is 4.27. The van der Waals surface area contributed by atoms with Gasteiger partial charge in [0.05, 0.1) is 12.1 Å². The Morgan fingerprint density at radius 2 is 1.71 bits per heavy atom. The van der Waals surface area contributed by atoms with Crippen molar-refractivity contribution in [3.63, 3.8) is 0 Å². The number of hydrogen-bond acceptors (Lipinski definition) is 2. The van der Waals surface area contributed by atoms with Gasteiger partial charge < -0.3 is 5.32 Å². The number of halogens is 3. The molecule has 2 amide bonds. The molecule has 0 bridgehead atoms. The van der Waals surface area contributed by atoms with E-state index in [0.717, 1.165) is 10.5 Å². The fourth-order valence-corrected chi connectivity index (χ4v) is 3.19. The number of carbonyl (C=O) groups excluding carboxylic acids is 2. The normalized spacial score (nSPS) is 17.6. The molecule has 0 radical (unpaired) electrons. The Balaban J connectivity index is 1.72. The molecule has 1 saturated heterocycles. The molecule has 0 saturated carbocycles. The lowest BCUT2D eigenvalue weighted by molar-refractivity contribution is -0.690. The topological polar surface area (TPSA) is 54.0 Å². The van der Waals surface area contributed by atoms with Gasteiger partial charge in [-0.1, -0.05) is 35.3 Å². The average Bonchev–Trinajstić information content (AvgIpc) is 2.80. The highest BCUT2D eigenvalue weighted by Gasteiger charge is 2.42. The molecule has 0 unspecified atom stereocenters. The third-order valence-electron chi connectivity index (χ3n) is 3.84. The number of nitrogens with two attached hydrogens (primary N) is 1. The van der Waals surface area contributed by atoms with E-state index >= 15 is 0 Å². The highest BCUT2D eigenvalue weighted by atomic mass is 35.5. The zero-order valence-corrected chi connectivity index (χ0v) is 14.0. The highest BCUT2D eigenvalue weighted by Crippen LogP contribution is 2.28. The van der Waals surface area contributed by atoms with Crippen molar-refractivity contribution >= 4 is 40.7 Å². The number of rotatable bonds is 4. The van der Waals surface area contributed by atoms with Crippen LogP contribution in [0.15, 0.2) is 42.5 Å². The lowest BCUT2D eigenvalue weighted by atomic mass is 10.2. The SMILES string of the molecule is O=C1C[C@H]([NH2+]Cc2ccc(F)cc2)C(=O)N1c1cc(Cl)cc(Cl)c1. The molecule has 2 aromatic rings. The molecule has 1 atom stereocenters. The molecule has 2 aromatic carbocycles. The van der Waals surface area contributed by atoms with Gasteiger partial charge >= 0.3 is 0 Å². The fourth-order valence-electron chi connectivity index (χ4n) is 2.68. The Morgan fingerprint density at radius 3 is 2.33 bits per heavy atom. The number of anilines is 1. The summed E-state index contributed by atoms with van der Waals surface area (Å²) in [6, 6.07) is 10.1. The molecular weight excluding hydrogens is 354 g/mol. The minimum absolute atomic E-state index is 0.101. The number of nitrogens with zero attached hydrogens (tertiary/aromatic N) is 1. The van der Waals surface area contributed by atoms with Gasteiger partial charge in [-0.2, -0.15) is 0 Å². The molecule has 1 aliphatic heterocycles. The molecule has 2 N–H and O–H groups in total. The first kappa shape index (κ1) is 16.9. The lowest BCUT2D eigenvalue weighted by Gasteiger charge is -2.15. The minimum atomic E-state index is -0.514. The van der Waals surface area contributed by atoms with E-state index in [2.05, 4.69) is 0 Å². The van der Waals surface area contributed by atoms with Crippen molar-refractivity contribution < 1.29 is 19.3 Å². The van der Waals surface area contributed by atoms with E-state index in [1.807, 2.05) is 0 Å². The average molecular weight is 368 g/mol. The summed E-state index contributed by atoms with van der Waals surface area (Å²) in [6.45, 7) is 0.480. The van der Waals surface area contributed by atoms with Crippen molar-refractivity contribution in [3.05, 3.63) is 63.9 Å². The summed E-state index contributed by atoms with van der Waals surface area (Å²) in [6.07, 6.45) is 0.101. The summed E-state index contributed by atoms with van der Waals surface area (Å²) in [7, 11) is 0. The predicted molar refractivity (Wildman–Crippen MR) is 89.4 cm³/mol. The van der Waals surface area contributed by atoms with Gasteiger partial charge in [0.1, 0.15) is 12.4 Å². The lowest BCUT2D eigenvalue weighted by Crippen LogP contribution is -2.90. The van der Waals surface area contributed by atoms with Crippen LogP contribution in [0.2, 0.25) is 10.0 Å². The van der Waals surface area contributed by atoms with E-state index < -0.39 is 6.04 Å². The van der Waals surface area contributed by atoms with Gasteiger partial charge in [-0.3, -0.25) is 9.59 Å². The summed E-state index contributed by atoms with van der Waals surface area (Å²) in [5.74, 6) is -0.908. The van der Waals surface area contributed by atoms with Crippen LogP contribution < -0.4 is 10.2 Å². The summed E-state index contributed by atoms with van der Waals surface area (Å²) < 4.78 is 12.9. The summed E-state index contributed by atoms with van der Waals surface area (Å²) >= 11 is 11.9. The van der Waals surface area contributed by atoms with Gasteiger partial charge in [0.25, 0.3) is 5.91 Å². The van der Waals surface area contributed by atoms with Crippen LogP contribution in [0.4, 0.5) is 10.1 Å². The molecule has 1 heterocycles. The van der Waals surface area contributed by atoms with Crippen molar-refractivity contribution in [2.75, 3.05) is 4.90 Å². The molecule has 124 valence electrons. The van der Waals surface area contributed by atoms with Crippen LogP contribution in [0.25, 0.3) is 0 Å². The van der Waals surface area contributed by atoms with Crippen molar-refractivity contribution in [2.24, 2.45) is 0 Å².